The summed E-state index contributed by atoms with van der Waals surface area (Å²) in [5.41, 5.74) is 0.300. The molecule has 0 saturated carbocycles. The molecule has 1 aliphatic rings. The molecule has 102 valence electrons. The van der Waals surface area contributed by atoms with Gasteiger partial charge in [-0.05, 0) is 12.1 Å². The van der Waals surface area contributed by atoms with Crippen molar-refractivity contribution < 1.29 is 20.1 Å². The van der Waals surface area contributed by atoms with Gasteiger partial charge in [-0.2, -0.15) is 0 Å². The molecule has 2 heterocycles. The van der Waals surface area contributed by atoms with Crippen LogP contribution in [-0.2, 0) is 4.74 Å². The molecule has 0 unspecified atom stereocenters. The molecule has 19 heavy (non-hydrogen) atoms. The molecule has 1 aromatic carbocycles. The lowest BCUT2D eigenvalue weighted by Gasteiger charge is -2.11. The highest BCUT2D eigenvalue weighted by atomic mass is 32.2. The molecule has 1 fully saturated rings. The number of thioether (sulfide) groups is 1. The molecule has 1 saturated heterocycles. The van der Waals surface area contributed by atoms with Crippen molar-refractivity contribution in [2.75, 3.05) is 6.61 Å². The van der Waals surface area contributed by atoms with Gasteiger partial charge < -0.3 is 20.1 Å². The van der Waals surface area contributed by atoms with Crippen LogP contribution in [0.4, 0.5) is 0 Å². The van der Waals surface area contributed by atoms with Crippen LogP contribution in [0.3, 0.4) is 0 Å². The first-order valence-electron chi connectivity index (χ1n) is 5.83. The van der Waals surface area contributed by atoms with E-state index in [4.69, 9.17) is 9.84 Å². The zero-order valence-corrected chi connectivity index (χ0v) is 11.5. The largest absolute Gasteiger partial charge is 0.394 e. The van der Waals surface area contributed by atoms with Crippen LogP contribution in [0.1, 0.15) is 0 Å². The number of nitrogens with zero attached hydrogens (tertiary/aromatic N) is 1. The van der Waals surface area contributed by atoms with Crippen molar-refractivity contribution in [1.29, 1.82) is 0 Å². The van der Waals surface area contributed by atoms with Gasteiger partial charge in [-0.15, -0.1) is 11.3 Å². The van der Waals surface area contributed by atoms with Gasteiger partial charge in [0.05, 0.1) is 16.8 Å². The second-order valence-corrected chi connectivity index (χ2v) is 6.65. The molecular formula is C12H13NO4S2. The van der Waals surface area contributed by atoms with Crippen molar-refractivity contribution in [2.45, 2.75) is 28.1 Å². The summed E-state index contributed by atoms with van der Waals surface area (Å²) in [7, 11) is 0. The molecule has 0 spiro atoms. The number of rotatable bonds is 3. The lowest BCUT2D eigenvalue weighted by Crippen LogP contribution is -2.33. The third kappa shape index (κ3) is 2.49. The van der Waals surface area contributed by atoms with Gasteiger partial charge in [0, 0.05) is 0 Å². The summed E-state index contributed by atoms with van der Waals surface area (Å²) < 4.78 is 7.26. The van der Waals surface area contributed by atoms with Crippen LogP contribution in [0.15, 0.2) is 28.6 Å². The monoisotopic (exact) mass is 299 g/mol. The standard InChI is InChI=1S/C12H13NO4S2/c14-5-7-9(15)10(16)11(17-7)19-12-13-6-3-1-2-4-8(6)18-12/h1-4,7,9-11,14-16H,5H2/t7-,9-,10+,11-/m0/s1. The van der Waals surface area contributed by atoms with Crippen LogP contribution in [0.5, 0.6) is 0 Å². The molecule has 3 N–H and O–H groups in total. The number of thiazole rings is 1. The fourth-order valence-electron chi connectivity index (χ4n) is 1.96. The molecule has 7 heteroatoms. The Labute approximate surface area is 117 Å². The van der Waals surface area contributed by atoms with E-state index in [0.717, 1.165) is 14.6 Å². The molecule has 0 amide bonds. The van der Waals surface area contributed by atoms with E-state index in [1.807, 2.05) is 24.3 Å². The summed E-state index contributed by atoms with van der Waals surface area (Å²) in [4.78, 5) is 4.43. The Morgan fingerprint density at radius 2 is 2.05 bits per heavy atom. The topological polar surface area (TPSA) is 82.8 Å². The highest BCUT2D eigenvalue weighted by Gasteiger charge is 2.43. The molecule has 0 radical (unpaired) electrons. The molecule has 3 rings (SSSR count). The van der Waals surface area contributed by atoms with Crippen molar-refractivity contribution in [2.24, 2.45) is 0 Å². The molecular weight excluding hydrogens is 286 g/mol. The van der Waals surface area contributed by atoms with Gasteiger partial charge in [-0.3, -0.25) is 0 Å². The summed E-state index contributed by atoms with van der Waals surface area (Å²) in [6.07, 6.45) is -2.81. The normalized spacial score (nSPS) is 31.1. The number of fused-ring (bicyclic) bond motifs is 1. The first-order chi connectivity index (χ1) is 9.19. The average molecular weight is 299 g/mol. The molecule has 0 bridgehead atoms. The maximum atomic E-state index is 9.87. The molecule has 4 atom stereocenters. The van der Waals surface area contributed by atoms with Crippen molar-refractivity contribution in [3.63, 3.8) is 0 Å². The quantitative estimate of drug-likeness (QED) is 0.778. The summed E-state index contributed by atoms with van der Waals surface area (Å²) in [5, 5.41) is 28.6. The lowest BCUT2D eigenvalue weighted by molar-refractivity contribution is -0.00808. The third-order valence-electron chi connectivity index (χ3n) is 2.99. The highest BCUT2D eigenvalue weighted by Crippen LogP contribution is 2.37. The van der Waals surface area contributed by atoms with E-state index in [0.29, 0.717) is 0 Å². The van der Waals surface area contributed by atoms with E-state index in [-0.39, 0.29) is 6.61 Å². The minimum absolute atomic E-state index is 0.310. The van der Waals surface area contributed by atoms with Crippen LogP contribution in [0, 0.1) is 0 Å². The molecule has 5 nitrogen and oxygen atoms in total. The van der Waals surface area contributed by atoms with Crippen molar-refractivity contribution in [1.82, 2.24) is 4.98 Å². The van der Waals surface area contributed by atoms with Gasteiger partial charge in [-0.1, -0.05) is 23.9 Å². The van der Waals surface area contributed by atoms with Crippen LogP contribution in [0.25, 0.3) is 10.2 Å². The fraction of sp³-hybridized carbons (Fsp3) is 0.417. The van der Waals surface area contributed by atoms with Gasteiger partial charge in [-0.25, -0.2) is 4.98 Å². The number of ether oxygens (including phenoxy) is 1. The number of benzene rings is 1. The number of hydrogen-bond donors (Lipinski definition) is 3. The fourth-order valence-corrected chi connectivity index (χ4v) is 4.26. The van der Waals surface area contributed by atoms with E-state index in [2.05, 4.69) is 4.98 Å². The van der Waals surface area contributed by atoms with E-state index >= 15 is 0 Å². The first kappa shape index (κ1) is 13.3. The number of aliphatic hydroxyl groups is 3. The van der Waals surface area contributed by atoms with Crippen molar-refractivity contribution >= 4 is 33.3 Å². The summed E-state index contributed by atoms with van der Waals surface area (Å²) in [6.45, 7) is -0.310. The van der Waals surface area contributed by atoms with E-state index < -0.39 is 23.7 Å². The number of hydrogen-bond acceptors (Lipinski definition) is 7. The molecule has 2 aromatic rings. The Balaban J connectivity index is 1.78. The SMILES string of the molecule is OC[C@@H]1O[C@@H](Sc2nc3ccccc3s2)[C@H](O)[C@H]1O. The third-order valence-corrected chi connectivity index (χ3v) is 5.27. The van der Waals surface area contributed by atoms with Gasteiger partial charge in [0.2, 0.25) is 0 Å². The van der Waals surface area contributed by atoms with E-state index in [9.17, 15) is 10.2 Å². The minimum atomic E-state index is -1.06. The number of aliphatic hydroxyl groups excluding tert-OH is 3. The summed E-state index contributed by atoms with van der Waals surface area (Å²) >= 11 is 2.78. The Kier molecular flexibility index (Phi) is 3.75. The Hall–Kier alpha value is -0.700. The zero-order chi connectivity index (χ0) is 13.4. The van der Waals surface area contributed by atoms with Gasteiger partial charge in [0.15, 0.2) is 4.34 Å². The maximum Gasteiger partial charge on any atom is 0.153 e. The molecule has 1 aliphatic heterocycles. The van der Waals surface area contributed by atoms with Gasteiger partial charge >= 0.3 is 0 Å². The summed E-state index contributed by atoms with van der Waals surface area (Å²) in [6, 6.07) is 7.77. The minimum Gasteiger partial charge on any atom is -0.394 e. The predicted molar refractivity (Wildman–Crippen MR) is 73.2 cm³/mol. The van der Waals surface area contributed by atoms with Gasteiger partial charge in [0.25, 0.3) is 0 Å². The Morgan fingerprint density at radius 1 is 1.26 bits per heavy atom. The smallest absolute Gasteiger partial charge is 0.153 e. The van der Waals surface area contributed by atoms with E-state index in [1.54, 1.807) is 0 Å². The van der Waals surface area contributed by atoms with E-state index in [1.165, 1.54) is 23.1 Å². The predicted octanol–water partition coefficient (Wildman–Crippen LogP) is 0.827. The van der Waals surface area contributed by atoms with Crippen molar-refractivity contribution in [3.05, 3.63) is 24.3 Å². The highest BCUT2D eigenvalue weighted by molar-refractivity contribution is 8.01. The molecule has 0 aliphatic carbocycles. The number of para-hydroxylation sites is 1. The Bertz CT molecular complexity index is 543. The lowest BCUT2D eigenvalue weighted by atomic mass is 10.2. The van der Waals surface area contributed by atoms with Crippen molar-refractivity contribution in [3.8, 4) is 0 Å². The Morgan fingerprint density at radius 3 is 2.74 bits per heavy atom. The van der Waals surface area contributed by atoms with Crippen LogP contribution < -0.4 is 0 Å². The maximum absolute atomic E-state index is 9.87. The van der Waals surface area contributed by atoms with Crippen LogP contribution in [-0.4, -0.2) is 50.7 Å². The average Bonchev–Trinajstić information content (AvgIpc) is 2.94. The van der Waals surface area contributed by atoms with Crippen LogP contribution >= 0.6 is 23.1 Å². The second kappa shape index (κ2) is 5.35. The van der Waals surface area contributed by atoms with Crippen LogP contribution in [0.2, 0.25) is 0 Å². The zero-order valence-electron chi connectivity index (χ0n) is 9.84. The number of aromatic nitrogens is 1. The second-order valence-electron chi connectivity index (χ2n) is 4.27. The summed E-state index contributed by atoms with van der Waals surface area (Å²) in [5.74, 6) is 0. The van der Waals surface area contributed by atoms with Gasteiger partial charge in [0.1, 0.15) is 23.7 Å². The first-order valence-corrected chi connectivity index (χ1v) is 7.53. The molecule has 1 aromatic heterocycles.